The first-order valence-electron chi connectivity index (χ1n) is 6.46. The lowest BCUT2D eigenvalue weighted by Gasteiger charge is -2.43. The number of nitro benzene ring substituents is 1. The van der Waals surface area contributed by atoms with Gasteiger partial charge in [-0.05, 0) is 36.0 Å². The lowest BCUT2D eigenvalue weighted by molar-refractivity contribution is -0.385. The van der Waals surface area contributed by atoms with Crippen LogP contribution in [-0.2, 0) is 4.74 Å². The van der Waals surface area contributed by atoms with E-state index in [9.17, 15) is 10.1 Å². The van der Waals surface area contributed by atoms with E-state index >= 15 is 0 Å². The largest absolute Gasteiger partial charge is 0.486 e. The quantitative estimate of drug-likeness (QED) is 0.633. The van der Waals surface area contributed by atoms with Gasteiger partial charge in [0.15, 0.2) is 0 Å². The van der Waals surface area contributed by atoms with Crippen LogP contribution in [0.1, 0.15) is 13.3 Å². The Morgan fingerprint density at radius 3 is 2.90 bits per heavy atom. The average Bonchev–Trinajstić information content (AvgIpc) is 2.41. The smallest absolute Gasteiger partial charge is 0.287 e. The van der Waals surface area contributed by atoms with E-state index in [1.54, 1.807) is 12.1 Å². The molecule has 0 heterocycles. The molecular weight excluding hydrogens is 328 g/mol. The summed E-state index contributed by atoms with van der Waals surface area (Å²) in [6.45, 7) is 2.55. The van der Waals surface area contributed by atoms with Crippen LogP contribution in [0.2, 0.25) is 0 Å². The van der Waals surface area contributed by atoms with Gasteiger partial charge in [0.2, 0.25) is 0 Å². The molecule has 7 heteroatoms. The minimum Gasteiger partial charge on any atom is -0.486 e. The molecule has 6 nitrogen and oxygen atoms in total. The predicted octanol–water partition coefficient (Wildman–Crippen LogP) is 2.50. The van der Waals surface area contributed by atoms with Gasteiger partial charge in [-0.25, -0.2) is 0 Å². The van der Waals surface area contributed by atoms with E-state index in [0.29, 0.717) is 16.8 Å². The van der Waals surface area contributed by atoms with Crippen molar-refractivity contribution in [2.75, 3.05) is 13.7 Å². The van der Waals surface area contributed by atoms with Gasteiger partial charge in [0.1, 0.15) is 22.4 Å². The first kappa shape index (κ1) is 15.2. The number of ether oxygens (including phenoxy) is 2. The molecular formula is C13H17BrN2O4. The van der Waals surface area contributed by atoms with Crippen molar-refractivity contribution < 1.29 is 14.4 Å². The van der Waals surface area contributed by atoms with Crippen LogP contribution < -0.4 is 10.1 Å². The SMILES string of the molecule is CCOC1C(NC)CC1Oc1cccc([N+](=O)[O-])c1Br. The number of nitrogens with zero attached hydrogens (tertiary/aromatic N) is 1. The lowest BCUT2D eigenvalue weighted by Crippen LogP contribution is -2.60. The third-order valence-corrected chi connectivity index (χ3v) is 4.19. The van der Waals surface area contributed by atoms with Crippen molar-refractivity contribution in [2.45, 2.75) is 31.6 Å². The van der Waals surface area contributed by atoms with Crippen molar-refractivity contribution in [3.63, 3.8) is 0 Å². The van der Waals surface area contributed by atoms with Crippen LogP contribution in [0, 0.1) is 10.1 Å². The van der Waals surface area contributed by atoms with Gasteiger partial charge >= 0.3 is 0 Å². The van der Waals surface area contributed by atoms with E-state index in [2.05, 4.69) is 21.2 Å². The summed E-state index contributed by atoms with van der Waals surface area (Å²) in [6, 6.07) is 5.03. The van der Waals surface area contributed by atoms with Crippen molar-refractivity contribution >= 4 is 21.6 Å². The van der Waals surface area contributed by atoms with Crippen LogP contribution in [-0.4, -0.2) is 36.8 Å². The third kappa shape index (κ3) is 2.94. The second-order valence-electron chi connectivity index (χ2n) is 4.55. The van der Waals surface area contributed by atoms with E-state index in [1.807, 2.05) is 14.0 Å². The Labute approximate surface area is 125 Å². The number of nitrogens with one attached hydrogen (secondary N) is 1. The Hall–Kier alpha value is -1.18. The first-order chi connectivity index (χ1) is 9.58. The Morgan fingerprint density at radius 1 is 1.55 bits per heavy atom. The summed E-state index contributed by atoms with van der Waals surface area (Å²) in [5.41, 5.74) is -0.0000464. The summed E-state index contributed by atoms with van der Waals surface area (Å²) in [4.78, 5) is 10.5. The number of halogens is 1. The summed E-state index contributed by atoms with van der Waals surface area (Å²) in [6.07, 6.45) is 0.693. The number of hydrogen-bond donors (Lipinski definition) is 1. The molecule has 0 spiro atoms. The Bertz CT molecular complexity index is 497. The molecule has 1 aromatic rings. The topological polar surface area (TPSA) is 73.6 Å². The van der Waals surface area contributed by atoms with Gasteiger partial charge in [-0.1, -0.05) is 6.07 Å². The highest BCUT2D eigenvalue weighted by molar-refractivity contribution is 9.10. The molecule has 1 N–H and O–H groups in total. The number of likely N-dealkylation sites (N-methyl/N-ethyl adjacent to an activating group) is 1. The van der Waals surface area contributed by atoms with Crippen LogP contribution >= 0.6 is 15.9 Å². The fourth-order valence-electron chi connectivity index (χ4n) is 2.29. The summed E-state index contributed by atoms with van der Waals surface area (Å²) in [7, 11) is 1.89. The van der Waals surface area contributed by atoms with Crippen LogP contribution in [0.3, 0.4) is 0 Å². The van der Waals surface area contributed by atoms with Crippen LogP contribution in [0.15, 0.2) is 22.7 Å². The molecule has 0 aliphatic heterocycles. The highest BCUT2D eigenvalue weighted by atomic mass is 79.9. The molecule has 0 bridgehead atoms. The molecule has 1 aliphatic carbocycles. The van der Waals surface area contributed by atoms with Gasteiger partial charge in [-0.3, -0.25) is 10.1 Å². The molecule has 0 amide bonds. The van der Waals surface area contributed by atoms with E-state index < -0.39 is 4.92 Å². The zero-order chi connectivity index (χ0) is 14.7. The predicted molar refractivity (Wildman–Crippen MR) is 78.1 cm³/mol. The number of rotatable bonds is 6. The van der Waals surface area contributed by atoms with Crippen LogP contribution in [0.25, 0.3) is 0 Å². The molecule has 0 saturated heterocycles. The average molecular weight is 345 g/mol. The zero-order valence-electron chi connectivity index (χ0n) is 11.3. The van der Waals surface area contributed by atoms with Gasteiger partial charge in [0.25, 0.3) is 5.69 Å². The van der Waals surface area contributed by atoms with Gasteiger partial charge in [-0.15, -0.1) is 0 Å². The molecule has 110 valence electrons. The van der Waals surface area contributed by atoms with Gasteiger partial charge in [0.05, 0.1) is 4.92 Å². The molecule has 0 aromatic heterocycles. The normalized spacial score (nSPS) is 25.1. The van der Waals surface area contributed by atoms with Crippen LogP contribution in [0.5, 0.6) is 5.75 Å². The van der Waals surface area contributed by atoms with Crippen molar-refractivity contribution in [2.24, 2.45) is 0 Å². The highest BCUT2D eigenvalue weighted by Gasteiger charge is 2.43. The maximum Gasteiger partial charge on any atom is 0.287 e. The molecule has 1 fully saturated rings. The van der Waals surface area contributed by atoms with Crippen molar-refractivity contribution in [3.05, 3.63) is 32.8 Å². The number of nitro groups is 1. The van der Waals surface area contributed by atoms with Gasteiger partial charge in [0, 0.05) is 25.1 Å². The van der Waals surface area contributed by atoms with E-state index in [1.165, 1.54) is 6.07 Å². The standard InChI is InChI=1S/C13H17BrN2O4/c1-3-19-13-8(15-2)7-11(13)20-10-6-4-5-9(12(10)14)16(17)18/h4-6,8,11,13,15H,3,7H2,1-2H3. The van der Waals surface area contributed by atoms with Gasteiger partial charge < -0.3 is 14.8 Å². The molecule has 2 rings (SSSR count). The fourth-order valence-corrected chi connectivity index (χ4v) is 2.79. The summed E-state index contributed by atoms with van der Waals surface area (Å²) in [5, 5.41) is 14.1. The summed E-state index contributed by atoms with van der Waals surface area (Å²) in [5.74, 6) is 0.475. The lowest BCUT2D eigenvalue weighted by atomic mass is 9.85. The second-order valence-corrected chi connectivity index (χ2v) is 5.35. The van der Waals surface area contributed by atoms with E-state index in [0.717, 1.165) is 6.42 Å². The Morgan fingerprint density at radius 2 is 2.30 bits per heavy atom. The van der Waals surface area contributed by atoms with Gasteiger partial charge in [-0.2, -0.15) is 0 Å². The number of hydrogen-bond acceptors (Lipinski definition) is 5. The first-order valence-corrected chi connectivity index (χ1v) is 7.26. The van der Waals surface area contributed by atoms with E-state index in [4.69, 9.17) is 9.47 Å². The van der Waals surface area contributed by atoms with E-state index in [-0.39, 0.29) is 23.9 Å². The zero-order valence-corrected chi connectivity index (χ0v) is 12.9. The monoisotopic (exact) mass is 344 g/mol. The van der Waals surface area contributed by atoms with Crippen molar-refractivity contribution in [3.8, 4) is 5.75 Å². The molecule has 3 unspecified atom stereocenters. The molecule has 1 aromatic carbocycles. The second kappa shape index (κ2) is 6.51. The molecule has 1 aliphatic rings. The van der Waals surface area contributed by atoms with Crippen molar-refractivity contribution in [1.82, 2.24) is 5.32 Å². The molecule has 1 saturated carbocycles. The van der Waals surface area contributed by atoms with Crippen molar-refractivity contribution in [1.29, 1.82) is 0 Å². The minimum atomic E-state index is -0.436. The Balaban J connectivity index is 2.11. The Kier molecular flexibility index (Phi) is 4.95. The maximum absolute atomic E-state index is 10.9. The number of benzene rings is 1. The third-order valence-electron chi connectivity index (χ3n) is 3.40. The maximum atomic E-state index is 10.9. The van der Waals surface area contributed by atoms with Crippen LogP contribution in [0.4, 0.5) is 5.69 Å². The fraction of sp³-hybridized carbons (Fsp3) is 0.538. The minimum absolute atomic E-state index is 0.0000464. The summed E-state index contributed by atoms with van der Waals surface area (Å²) >= 11 is 3.23. The summed E-state index contributed by atoms with van der Waals surface area (Å²) < 4.78 is 11.9. The molecule has 0 radical (unpaired) electrons. The highest BCUT2D eigenvalue weighted by Crippen LogP contribution is 2.37. The molecule has 20 heavy (non-hydrogen) atoms. The molecule has 3 atom stereocenters.